The summed E-state index contributed by atoms with van der Waals surface area (Å²) in [7, 11) is 0. The normalized spacial score (nSPS) is 17.5. The van der Waals surface area contributed by atoms with Crippen LogP contribution in [0.2, 0.25) is 0 Å². The van der Waals surface area contributed by atoms with Crippen molar-refractivity contribution in [2.45, 2.75) is 27.7 Å². The summed E-state index contributed by atoms with van der Waals surface area (Å²) in [6.45, 7) is 25.7. The number of piperazine rings is 1. The molecule has 0 aromatic carbocycles. The van der Waals surface area contributed by atoms with Gasteiger partial charge in [-0.2, -0.15) is 0 Å². The Balaban J connectivity index is 2.05. The van der Waals surface area contributed by atoms with E-state index in [-0.39, 0.29) is 0 Å². The Bertz CT molecular complexity index is 262. The van der Waals surface area contributed by atoms with Gasteiger partial charge in [-0.15, -0.1) is 0 Å². The van der Waals surface area contributed by atoms with Crippen LogP contribution in [0.25, 0.3) is 0 Å². The van der Waals surface area contributed by atoms with E-state index in [1.807, 2.05) is 0 Å². The van der Waals surface area contributed by atoms with E-state index >= 15 is 0 Å². The van der Waals surface area contributed by atoms with Gasteiger partial charge in [-0.1, -0.05) is 27.7 Å². The quantitative estimate of drug-likeness (QED) is 0.506. The van der Waals surface area contributed by atoms with Gasteiger partial charge in [0.05, 0.1) is 0 Å². The molecule has 0 aromatic heterocycles. The Morgan fingerprint density at radius 1 is 0.696 bits per heavy atom. The van der Waals surface area contributed by atoms with Gasteiger partial charge >= 0.3 is 0 Å². The summed E-state index contributed by atoms with van der Waals surface area (Å²) in [4.78, 5) is 10.2. The molecule has 5 nitrogen and oxygen atoms in total. The number of likely N-dealkylation sites (N-methyl/N-ethyl adjacent to an activating group) is 3. The van der Waals surface area contributed by atoms with Crippen molar-refractivity contribution in [3.05, 3.63) is 0 Å². The molecule has 1 rings (SSSR count). The molecule has 1 fully saturated rings. The molecule has 0 spiro atoms. The van der Waals surface area contributed by atoms with E-state index in [0.717, 1.165) is 32.7 Å². The molecule has 138 valence electrons. The molecule has 0 radical (unpaired) electrons. The summed E-state index contributed by atoms with van der Waals surface area (Å²) in [5, 5.41) is 3.60. The van der Waals surface area contributed by atoms with Crippen molar-refractivity contribution in [3.63, 3.8) is 0 Å². The molecule has 0 aromatic rings. The Kier molecular flexibility index (Phi) is 11.9. The van der Waals surface area contributed by atoms with Crippen molar-refractivity contribution < 1.29 is 0 Å². The van der Waals surface area contributed by atoms with Gasteiger partial charge in [0.2, 0.25) is 0 Å². The SMILES string of the molecule is CCN(CC)CCNCCN(CC)CCN1CCN(CC)CC1. The third-order valence-electron chi connectivity index (χ3n) is 5.20. The lowest BCUT2D eigenvalue weighted by Crippen LogP contribution is -2.48. The minimum absolute atomic E-state index is 1.11. The fraction of sp³-hybridized carbons (Fsp3) is 1.00. The third-order valence-corrected chi connectivity index (χ3v) is 5.20. The fourth-order valence-corrected chi connectivity index (χ4v) is 3.18. The van der Waals surface area contributed by atoms with E-state index in [1.54, 1.807) is 0 Å². The molecular formula is C18H41N5. The Morgan fingerprint density at radius 2 is 1.22 bits per heavy atom. The van der Waals surface area contributed by atoms with Gasteiger partial charge in [0.1, 0.15) is 0 Å². The average Bonchev–Trinajstić information content (AvgIpc) is 2.61. The van der Waals surface area contributed by atoms with Gasteiger partial charge in [0.15, 0.2) is 0 Å². The summed E-state index contributed by atoms with van der Waals surface area (Å²) in [6.07, 6.45) is 0. The molecule has 0 aliphatic carbocycles. The van der Waals surface area contributed by atoms with Crippen LogP contribution in [0.4, 0.5) is 0 Å². The first-order valence-corrected chi connectivity index (χ1v) is 9.83. The van der Waals surface area contributed by atoms with E-state index < -0.39 is 0 Å². The zero-order chi connectivity index (χ0) is 16.9. The molecule has 5 heteroatoms. The van der Waals surface area contributed by atoms with Crippen LogP contribution in [-0.2, 0) is 0 Å². The number of nitrogens with zero attached hydrogens (tertiary/aromatic N) is 4. The summed E-state index contributed by atoms with van der Waals surface area (Å²) in [6, 6.07) is 0. The predicted octanol–water partition coefficient (Wildman–Crippen LogP) is 0.877. The second-order valence-corrected chi connectivity index (χ2v) is 6.49. The smallest absolute Gasteiger partial charge is 0.0110 e. The van der Waals surface area contributed by atoms with Crippen LogP contribution in [0.1, 0.15) is 27.7 Å². The van der Waals surface area contributed by atoms with Gasteiger partial charge in [-0.05, 0) is 26.2 Å². The van der Waals surface area contributed by atoms with Gasteiger partial charge in [-0.25, -0.2) is 0 Å². The molecule has 0 amide bonds. The molecule has 1 aliphatic heterocycles. The highest BCUT2D eigenvalue weighted by atomic mass is 15.3. The minimum Gasteiger partial charge on any atom is -0.314 e. The molecule has 23 heavy (non-hydrogen) atoms. The van der Waals surface area contributed by atoms with Crippen LogP contribution in [0.5, 0.6) is 0 Å². The van der Waals surface area contributed by atoms with Gasteiger partial charge in [0.25, 0.3) is 0 Å². The van der Waals surface area contributed by atoms with Gasteiger partial charge in [-0.3, -0.25) is 4.90 Å². The number of hydrogen-bond acceptors (Lipinski definition) is 5. The summed E-state index contributed by atoms with van der Waals surface area (Å²) in [5.74, 6) is 0. The second kappa shape index (κ2) is 13.1. The summed E-state index contributed by atoms with van der Waals surface area (Å²) >= 11 is 0. The highest BCUT2D eigenvalue weighted by Gasteiger charge is 2.15. The van der Waals surface area contributed by atoms with Crippen LogP contribution >= 0.6 is 0 Å². The van der Waals surface area contributed by atoms with E-state index in [1.165, 1.54) is 58.9 Å². The van der Waals surface area contributed by atoms with Crippen molar-refractivity contribution in [2.75, 3.05) is 91.6 Å². The van der Waals surface area contributed by atoms with Crippen LogP contribution in [0.15, 0.2) is 0 Å². The molecule has 0 bridgehead atoms. The fourth-order valence-electron chi connectivity index (χ4n) is 3.18. The molecule has 0 atom stereocenters. The van der Waals surface area contributed by atoms with Crippen molar-refractivity contribution in [3.8, 4) is 0 Å². The lowest BCUT2D eigenvalue weighted by molar-refractivity contribution is 0.123. The Labute approximate surface area is 145 Å². The van der Waals surface area contributed by atoms with Crippen LogP contribution in [0, 0.1) is 0 Å². The largest absolute Gasteiger partial charge is 0.314 e. The van der Waals surface area contributed by atoms with Crippen molar-refractivity contribution in [1.29, 1.82) is 0 Å². The Morgan fingerprint density at radius 3 is 1.74 bits per heavy atom. The van der Waals surface area contributed by atoms with Crippen LogP contribution < -0.4 is 5.32 Å². The van der Waals surface area contributed by atoms with Gasteiger partial charge in [0, 0.05) is 65.4 Å². The lowest BCUT2D eigenvalue weighted by Gasteiger charge is -2.35. The topological polar surface area (TPSA) is 25.0 Å². The van der Waals surface area contributed by atoms with Crippen molar-refractivity contribution in [1.82, 2.24) is 24.9 Å². The molecule has 1 N–H and O–H groups in total. The number of hydrogen-bond donors (Lipinski definition) is 1. The van der Waals surface area contributed by atoms with Crippen molar-refractivity contribution in [2.24, 2.45) is 0 Å². The average molecular weight is 328 g/mol. The number of rotatable bonds is 13. The molecule has 1 saturated heterocycles. The maximum atomic E-state index is 3.60. The zero-order valence-electron chi connectivity index (χ0n) is 16.2. The second-order valence-electron chi connectivity index (χ2n) is 6.49. The number of nitrogens with one attached hydrogen (secondary N) is 1. The first-order chi connectivity index (χ1) is 11.2. The van der Waals surface area contributed by atoms with Crippen molar-refractivity contribution >= 4 is 0 Å². The Hall–Kier alpha value is -0.200. The van der Waals surface area contributed by atoms with Crippen LogP contribution in [0.3, 0.4) is 0 Å². The first kappa shape index (κ1) is 20.8. The predicted molar refractivity (Wildman–Crippen MR) is 101 cm³/mol. The van der Waals surface area contributed by atoms with E-state index in [2.05, 4.69) is 52.6 Å². The van der Waals surface area contributed by atoms with E-state index in [4.69, 9.17) is 0 Å². The first-order valence-electron chi connectivity index (χ1n) is 9.83. The minimum atomic E-state index is 1.11. The zero-order valence-corrected chi connectivity index (χ0v) is 16.2. The maximum Gasteiger partial charge on any atom is 0.0110 e. The third kappa shape index (κ3) is 9.01. The molecular weight excluding hydrogens is 286 g/mol. The highest BCUT2D eigenvalue weighted by molar-refractivity contribution is 4.72. The highest BCUT2D eigenvalue weighted by Crippen LogP contribution is 2.01. The summed E-state index contributed by atoms with van der Waals surface area (Å²) < 4.78 is 0. The summed E-state index contributed by atoms with van der Waals surface area (Å²) in [5.41, 5.74) is 0. The molecule has 0 unspecified atom stereocenters. The molecule has 1 aliphatic rings. The standard InChI is InChI=1S/C18H41N5/c1-5-20(6-2)11-9-19-10-12-21(7-3)13-16-23-17-14-22(8-4)15-18-23/h19H,5-18H2,1-4H3. The molecule has 0 saturated carbocycles. The maximum absolute atomic E-state index is 3.60. The van der Waals surface area contributed by atoms with Crippen LogP contribution in [-0.4, -0.2) is 111 Å². The lowest BCUT2D eigenvalue weighted by atomic mass is 10.3. The van der Waals surface area contributed by atoms with Gasteiger partial charge < -0.3 is 20.0 Å². The molecule has 1 heterocycles. The van der Waals surface area contributed by atoms with E-state index in [0.29, 0.717) is 0 Å². The monoisotopic (exact) mass is 327 g/mol. The van der Waals surface area contributed by atoms with E-state index in [9.17, 15) is 0 Å².